The van der Waals surface area contributed by atoms with Crippen LogP contribution in [0, 0.1) is 6.92 Å². The van der Waals surface area contributed by atoms with Crippen LogP contribution in [0.25, 0.3) is 0 Å². The summed E-state index contributed by atoms with van der Waals surface area (Å²) < 4.78 is 65.0. The molecule has 0 spiro atoms. The van der Waals surface area contributed by atoms with Crippen LogP contribution >= 0.6 is 0 Å². The number of carbonyl (C=O) groups excluding carboxylic acids is 2. The second kappa shape index (κ2) is 9.19. The maximum Gasteiger partial charge on any atom is 0.405 e. The van der Waals surface area contributed by atoms with E-state index in [1.807, 2.05) is 0 Å². The largest absolute Gasteiger partial charge is 0.405 e. The first-order valence-electron chi connectivity index (χ1n) is 9.85. The lowest BCUT2D eigenvalue weighted by molar-refractivity contribution is -0.123. The second-order valence-corrected chi connectivity index (χ2v) is 9.11. The van der Waals surface area contributed by atoms with Gasteiger partial charge in [-0.3, -0.25) is 14.3 Å². The molecule has 1 fully saturated rings. The van der Waals surface area contributed by atoms with Crippen molar-refractivity contribution < 1.29 is 31.2 Å². The third-order valence-electron chi connectivity index (χ3n) is 5.01. The topological polar surface area (TPSA) is 95.6 Å². The van der Waals surface area contributed by atoms with Crippen molar-refractivity contribution in [1.82, 2.24) is 10.2 Å². The van der Waals surface area contributed by atoms with E-state index in [-0.39, 0.29) is 27.6 Å². The van der Waals surface area contributed by atoms with Crippen molar-refractivity contribution in [2.24, 2.45) is 0 Å². The fraction of sp³-hybridized carbons (Fsp3) is 0.333. The number of benzene rings is 2. The van der Waals surface area contributed by atoms with E-state index in [0.29, 0.717) is 18.7 Å². The lowest BCUT2D eigenvalue weighted by Gasteiger charge is -2.20. The Labute approximate surface area is 183 Å². The van der Waals surface area contributed by atoms with E-state index in [1.54, 1.807) is 35.3 Å². The average Bonchev–Trinajstić information content (AvgIpc) is 3.27. The highest BCUT2D eigenvalue weighted by molar-refractivity contribution is 7.92. The molecule has 11 heteroatoms. The zero-order chi connectivity index (χ0) is 23.5. The zero-order valence-corrected chi connectivity index (χ0v) is 18.0. The Morgan fingerprint density at radius 2 is 1.66 bits per heavy atom. The Bertz CT molecular complexity index is 1110. The summed E-state index contributed by atoms with van der Waals surface area (Å²) in [6.45, 7) is 1.40. The Morgan fingerprint density at radius 3 is 2.25 bits per heavy atom. The molecular formula is C21H22F3N3O4S. The van der Waals surface area contributed by atoms with Crippen molar-refractivity contribution in [2.75, 3.05) is 24.4 Å². The van der Waals surface area contributed by atoms with Crippen molar-refractivity contribution in [3.05, 3.63) is 59.2 Å². The van der Waals surface area contributed by atoms with Crippen LogP contribution in [0.5, 0.6) is 0 Å². The number of sulfonamides is 1. The summed E-state index contributed by atoms with van der Waals surface area (Å²) in [4.78, 5) is 26.1. The number of anilines is 1. The van der Waals surface area contributed by atoms with Crippen molar-refractivity contribution in [1.29, 1.82) is 0 Å². The minimum absolute atomic E-state index is 0.117. The first kappa shape index (κ1) is 23.6. The number of rotatable bonds is 6. The summed E-state index contributed by atoms with van der Waals surface area (Å²) >= 11 is 0. The van der Waals surface area contributed by atoms with E-state index >= 15 is 0 Å². The molecule has 172 valence electrons. The van der Waals surface area contributed by atoms with Gasteiger partial charge in [-0.25, -0.2) is 8.42 Å². The molecule has 0 radical (unpaired) electrons. The number of nitrogens with one attached hydrogen (secondary N) is 2. The van der Waals surface area contributed by atoms with Gasteiger partial charge >= 0.3 is 6.18 Å². The Kier molecular flexibility index (Phi) is 6.77. The molecule has 0 saturated carbocycles. The van der Waals surface area contributed by atoms with E-state index in [4.69, 9.17) is 0 Å². The monoisotopic (exact) mass is 469 g/mol. The van der Waals surface area contributed by atoms with Gasteiger partial charge in [-0.1, -0.05) is 12.1 Å². The summed E-state index contributed by atoms with van der Waals surface area (Å²) in [5.41, 5.74) is 0.839. The van der Waals surface area contributed by atoms with Crippen molar-refractivity contribution >= 4 is 27.5 Å². The number of nitrogens with zero attached hydrogens (tertiary/aromatic N) is 1. The van der Waals surface area contributed by atoms with Gasteiger partial charge in [0.1, 0.15) is 6.54 Å². The molecule has 3 rings (SSSR count). The van der Waals surface area contributed by atoms with Gasteiger partial charge in [0, 0.05) is 18.7 Å². The molecule has 0 atom stereocenters. The quantitative estimate of drug-likeness (QED) is 0.679. The molecule has 32 heavy (non-hydrogen) atoms. The summed E-state index contributed by atoms with van der Waals surface area (Å²) in [6, 6.07) is 9.37. The van der Waals surface area contributed by atoms with Crippen LogP contribution in [0.4, 0.5) is 18.9 Å². The molecule has 1 heterocycles. The van der Waals surface area contributed by atoms with Gasteiger partial charge in [-0.15, -0.1) is 0 Å². The van der Waals surface area contributed by atoms with Crippen LogP contribution in [0.1, 0.15) is 39.1 Å². The maximum absolute atomic E-state index is 12.9. The van der Waals surface area contributed by atoms with Crippen LogP contribution in [-0.2, 0) is 10.0 Å². The third kappa shape index (κ3) is 5.58. The predicted octanol–water partition coefficient (Wildman–Crippen LogP) is 3.32. The number of hydrogen-bond donors (Lipinski definition) is 2. The highest BCUT2D eigenvalue weighted by Crippen LogP contribution is 2.27. The van der Waals surface area contributed by atoms with Gasteiger partial charge in [0.25, 0.3) is 21.8 Å². The maximum atomic E-state index is 12.9. The Balaban J connectivity index is 1.81. The molecule has 0 aromatic heterocycles. The average molecular weight is 469 g/mol. The molecule has 1 aliphatic heterocycles. The van der Waals surface area contributed by atoms with E-state index in [2.05, 4.69) is 4.72 Å². The molecule has 1 aliphatic rings. The molecule has 2 aromatic rings. The minimum Gasteiger partial charge on any atom is -0.343 e. The van der Waals surface area contributed by atoms with Gasteiger partial charge in [-0.2, -0.15) is 13.2 Å². The molecule has 0 aliphatic carbocycles. The fourth-order valence-corrected chi connectivity index (χ4v) is 4.49. The minimum atomic E-state index is -4.55. The lowest BCUT2D eigenvalue weighted by atomic mass is 10.1. The van der Waals surface area contributed by atoms with E-state index in [9.17, 15) is 31.2 Å². The van der Waals surface area contributed by atoms with Gasteiger partial charge in [-0.05, 0) is 55.7 Å². The SMILES string of the molecule is Cc1cccc(C(=O)N2CCCC2)c1NS(=O)(=O)c1ccc(C(=O)NCC(F)(F)F)cc1. The van der Waals surface area contributed by atoms with Crippen LogP contribution in [-0.4, -0.2) is 50.9 Å². The molecule has 7 nitrogen and oxygen atoms in total. The molecule has 0 bridgehead atoms. The predicted molar refractivity (Wildman–Crippen MR) is 112 cm³/mol. The Hall–Kier alpha value is -3.08. The summed E-state index contributed by atoms with van der Waals surface area (Å²) in [6.07, 6.45) is -2.77. The summed E-state index contributed by atoms with van der Waals surface area (Å²) in [7, 11) is -4.13. The second-order valence-electron chi connectivity index (χ2n) is 7.42. The van der Waals surface area contributed by atoms with Crippen LogP contribution < -0.4 is 10.0 Å². The normalized spacial score (nSPS) is 14.3. The van der Waals surface area contributed by atoms with E-state index < -0.39 is 28.7 Å². The first-order valence-corrected chi connectivity index (χ1v) is 11.3. The van der Waals surface area contributed by atoms with Crippen molar-refractivity contribution in [3.8, 4) is 0 Å². The first-order chi connectivity index (χ1) is 15.0. The molecule has 1 saturated heterocycles. The molecule has 2 amide bonds. The highest BCUT2D eigenvalue weighted by atomic mass is 32.2. The number of aryl methyl sites for hydroxylation is 1. The standard InChI is InChI=1S/C21H22F3N3O4S/c1-14-5-4-6-17(20(29)27-11-2-3-12-27)18(14)26-32(30,31)16-9-7-15(8-10-16)19(28)25-13-21(22,23)24/h4-10,26H,2-3,11-13H2,1H3,(H,25,28). The smallest absolute Gasteiger partial charge is 0.343 e. The van der Waals surface area contributed by atoms with Crippen LogP contribution in [0.2, 0.25) is 0 Å². The highest BCUT2D eigenvalue weighted by Gasteiger charge is 2.28. The lowest BCUT2D eigenvalue weighted by Crippen LogP contribution is -2.33. The number of alkyl halides is 3. The number of hydrogen-bond acceptors (Lipinski definition) is 4. The molecule has 2 N–H and O–H groups in total. The third-order valence-corrected chi connectivity index (χ3v) is 6.37. The summed E-state index contributed by atoms with van der Waals surface area (Å²) in [5, 5.41) is 1.72. The van der Waals surface area contributed by atoms with E-state index in [1.165, 1.54) is 0 Å². The Morgan fingerprint density at radius 1 is 1.03 bits per heavy atom. The summed E-state index contributed by atoms with van der Waals surface area (Å²) in [5.74, 6) is -1.24. The number of likely N-dealkylation sites (tertiary alicyclic amines) is 1. The van der Waals surface area contributed by atoms with Gasteiger partial charge in [0.15, 0.2) is 0 Å². The van der Waals surface area contributed by atoms with Crippen LogP contribution in [0.15, 0.2) is 47.4 Å². The van der Waals surface area contributed by atoms with E-state index in [0.717, 1.165) is 37.1 Å². The number of carbonyl (C=O) groups is 2. The molecule has 2 aromatic carbocycles. The molecular weight excluding hydrogens is 447 g/mol. The molecule has 0 unspecified atom stereocenters. The zero-order valence-electron chi connectivity index (χ0n) is 17.2. The van der Waals surface area contributed by atoms with Crippen molar-refractivity contribution in [2.45, 2.75) is 30.8 Å². The van der Waals surface area contributed by atoms with Crippen LogP contribution in [0.3, 0.4) is 0 Å². The van der Waals surface area contributed by atoms with Gasteiger partial charge < -0.3 is 10.2 Å². The number of halogens is 3. The number of amides is 2. The van der Waals surface area contributed by atoms with Gasteiger partial charge in [0.2, 0.25) is 0 Å². The fourth-order valence-electron chi connectivity index (χ4n) is 3.33. The van der Waals surface area contributed by atoms with Crippen molar-refractivity contribution in [3.63, 3.8) is 0 Å². The van der Waals surface area contributed by atoms with Gasteiger partial charge in [0.05, 0.1) is 16.1 Å². The number of para-hydroxylation sites is 1.